The van der Waals surface area contributed by atoms with Gasteiger partial charge in [-0.2, -0.15) is 0 Å². The number of nitrogens with one attached hydrogen (secondary N) is 1. The summed E-state index contributed by atoms with van der Waals surface area (Å²) < 4.78 is 0. The van der Waals surface area contributed by atoms with Gasteiger partial charge < -0.3 is 10.4 Å². The lowest BCUT2D eigenvalue weighted by molar-refractivity contribution is 0.0927. The molecule has 0 saturated heterocycles. The van der Waals surface area contributed by atoms with E-state index in [1.54, 1.807) is 12.1 Å². The number of aromatic hydroxyl groups is 1. The summed E-state index contributed by atoms with van der Waals surface area (Å²) in [5.74, 6) is 0.382. The second-order valence-corrected chi connectivity index (χ2v) is 5.59. The molecule has 0 heterocycles. The summed E-state index contributed by atoms with van der Waals surface area (Å²) in [5.41, 5.74) is 1.31. The van der Waals surface area contributed by atoms with Crippen molar-refractivity contribution in [3.63, 3.8) is 0 Å². The highest BCUT2D eigenvalue weighted by molar-refractivity contribution is 9.09. The molecule has 0 aliphatic heterocycles. The van der Waals surface area contributed by atoms with Gasteiger partial charge in [-0.3, -0.25) is 4.79 Å². The highest BCUT2D eigenvalue weighted by Crippen LogP contribution is 2.28. The minimum absolute atomic E-state index is 0.0564. The van der Waals surface area contributed by atoms with Crippen molar-refractivity contribution in [3.05, 3.63) is 29.3 Å². The zero-order valence-corrected chi connectivity index (χ0v) is 12.0. The van der Waals surface area contributed by atoms with Crippen LogP contribution < -0.4 is 5.32 Å². The van der Waals surface area contributed by atoms with Crippen LogP contribution in [0.2, 0.25) is 0 Å². The van der Waals surface area contributed by atoms with Crippen LogP contribution in [-0.2, 0) is 0 Å². The Hall–Kier alpha value is -1.03. The Morgan fingerprint density at radius 2 is 2.28 bits per heavy atom. The van der Waals surface area contributed by atoms with Gasteiger partial charge in [0.05, 0.1) is 5.56 Å². The fraction of sp³-hybridized carbons (Fsp3) is 0.500. The molecule has 4 heteroatoms. The standard InChI is InChI=1S/C14H18BrNO2/c1-9-5-6-11(13(17)7-9)14(18)16-12-4-2-3-10(12)8-15/h5-7,10,12,17H,2-4,8H2,1H3,(H,16,18). The molecule has 98 valence electrons. The number of aryl methyl sites for hydroxylation is 1. The van der Waals surface area contributed by atoms with Crippen LogP contribution in [-0.4, -0.2) is 22.4 Å². The average molecular weight is 312 g/mol. The van der Waals surface area contributed by atoms with E-state index in [1.807, 2.05) is 13.0 Å². The van der Waals surface area contributed by atoms with Crippen molar-refractivity contribution in [1.82, 2.24) is 5.32 Å². The quantitative estimate of drug-likeness (QED) is 0.843. The third-order valence-corrected chi connectivity index (χ3v) is 4.40. The van der Waals surface area contributed by atoms with Gasteiger partial charge in [-0.25, -0.2) is 0 Å². The Labute approximate surface area is 116 Å². The number of phenolic OH excluding ortho intramolecular Hbond substituents is 1. The topological polar surface area (TPSA) is 49.3 Å². The summed E-state index contributed by atoms with van der Waals surface area (Å²) in [5, 5.41) is 13.7. The van der Waals surface area contributed by atoms with Crippen LogP contribution in [0.3, 0.4) is 0 Å². The number of benzene rings is 1. The number of rotatable bonds is 3. The number of alkyl halides is 1. The lowest BCUT2D eigenvalue weighted by atomic mass is 10.1. The number of halogens is 1. The molecule has 1 saturated carbocycles. The van der Waals surface area contributed by atoms with Gasteiger partial charge in [0.1, 0.15) is 5.75 Å². The predicted molar refractivity (Wildman–Crippen MR) is 75.2 cm³/mol. The van der Waals surface area contributed by atoms with Crippen LogP contribution in [0.25, 0.3) is 0 Å². The Bertz CT molecular complexity index is 447. The maximum Gasteiger partial charge on any atom is 0.255 e. The molecular weight excluding hydrogens is 294 g/mol. The lowest BCUT2D eigenvalue weighted by Gasteiger charge is -2.19. The Kier molecular flexibility index (Phi) is 4.27. The van der Waals surface area contributed by atoms with Crippen molar-refractivity contribution in [3.8, 4) is 5.75 Å². The minimum atomic E-state index is -0.176. The zero-order valence-electron chi connectivity index (χ0n) is 10.4. The number of hydrogen-bond donors (Lipinski definition) is 2. The summed E-state index contributed by atoms with van der Waals surface area (Å²) in [6.07, 6.45) is 3.33. The smallest absolute Gasteiger partial charge is 0.255 e. The van der Waals surface area contributed by atoms with E-state index in [4.69, 9.17) is 0 Å². The number of phenols is 1. The summed E-state index contributed by atoms with van der Waals surface area (Å²) in [4.78, 5) is 12.1. The molecular formula is C14H18BrNO2. The van der Waals surface area contributed by atoms with Crippen LogP contribution in [0.15, 0.2) is 18.2 Å². The summed E-state index contributed by atoms with van der Waals surface area (Å²) in [7, 11) is 0. The minimum Gasteiger partial charge on any atom is -0.507 e. The Morgan fingerprint density at radius 1 is 1.50 bits per heavy atom. The highest BCUT2D eigenvalue weighted by Gasteiger charge is 2.28. The molecule has 1 aromatic rings. The van der Waals surface area contributed by atoms with Crippen molar-refractivity contribution in [1.29, 1.82) is 0 Å². The number of carbonyl (C=O) groups excluding carboxylic acids is 1. The molecule has 3 nitrogen and oxygen atoms in total. The molecule has 0 bridgehead atoms. The number of hydrogen-bond acceptors (Lipinski definition) is 2. The molecule has 2 rings (SSSR count). The molecule has 1 aromatic carbocycles. The van der Waals surface area contributed by atoms with E-state index in [1.165, 1.54) is 0 Å². The second kappa shape index (κ2) is 5.74. The third kappa shape index (κ3) is 2.86. The van der Waals surface area contributed by atoms with Gasteiger partial charge >= 0.3 is 0 Å². The van der Waals surface area contributed by atoms with E-state index in [9.17, 15) is 9.90 Å². The van der Waals surface area contributed by atoms with Crippen molar-refractivity contribution in [2.24, 2.45) is 5.92 Å². The molecule has 1 fully saturated rings. The van der Waals surface area contributed by atoms with E-state index in [0.29, 0.717) is 11.5 Å². The van der Waals surface area contributed by atoms with E-state index < -0.39 is 0 Å². The largest absolute Gasteiger partial charge is 0.507 e. The van der Waals surface area contributed by atoms with Gasteiger partial charge in [0, 0.05) is 11.4 Å². The molecule has 2 unspecified atom stereocenters. The van der Waals surface area contributed by atoms with E-state index in [2.05, 4.69) is 21.2 Å². The van der Waals surface area contributed by atoms with Gasteiger partial charge in [0.15, 0.2) is 0 Å². The van der Waals surface area contributed by atoms with Gasteiger partial charge in [-0.1, -0.05) is 28.4 Å². The Balaban J connectivity index is 2.07. The van der Waals surface area contributed by atoms with Crippen LogP contribution in [0, 0.1) is 12.8 Å². The van der Waals surface area contributed by atoms with E-state index >= 15 is 0 Å². The first-order valence-electron chi connectivity index (χ1n) is 6.28. The van der Waals surface area contributed by atoms with Crippen molar-refractivity contribution in [2.75, 3.05) is 5.33 Å². The van der Waals surface area contributed by atoms with E-state index in [0.717, 1.165) is 30.2 Å². The third-order valence-electron chi connectivity index (χ3n) is 3.57. The van der Waals surface area contributed by atoms with Crippen molar-refractivity contribution >= 4 is 21.8 Å². The SMILES string of the molecule is Cc1ccc(C(=O)NC2CCCC2CBr)c(O)c1. The van der Waals surface area contributed by atoms with Gasteiger partial charge in [-0.15, -0.1) is 0 Å². The number of carbonyl (C=O) groups is 1. The van der Waals surface area contributed by atoms with Gasteiger partial charge in [0.2, 0.25) is 0 Å². The van der Waals surface area contributed by atoms with Gasteiger partial charge in [-0.05, 0) is 43.4 Å². The molecule has 2 N–H and O–H groups in total. The molecule has 2 atom stereocenters. The lowest BCUT2D eigenvalue weighted by Crippen LogP contribution is -2.37. The monoisotopic (exact) mass is 311 g/mol. The van der Waals surface area contributed by atoms with Gasteiger partial charge in [0.25, 0.3) is 5.91 Å². The molecule has 0 aromatic heterocycles. The van der Waals surface area contributed by atoms with Crippen LogP contribution in [0.4, 0.5) is 0 Å². The molecule has 0 radical (unpaired) electrons. The maximum atomic E-state index is 12.1. The number of amides is 1. The van der Waals surface area contributed by atoms with E-state index in [-0.39, 0.29) is 17.7 Å². The van der Waals surface area contributed by atoms with Crippen LogP contribution in [0.1, 0.15) is 35.2 Å². The highest BCUT2D eigenvalue weighted by atomic mass is 79.9. The van der Waals surface area contributed by atoms with Crippen LogP contribution >= 0.6 is 15.9 Å². The Morgan fingerprint density at radius 3 is 2.94 bits per heavy atom. The summed E-state index contributed by atoms with van der Waals surface area (Å²) >= 11 is 3.49. The molecule has 0 spiro atoms. The molecule has 1 aliphatic carbocycles. The zero-order chi connectivity index (χ0) is 13.1. The van der Waals surface area contributed by atoms with Crippen molar-refractivity contribution < 1.29 is 9.90 Å². The second-order valence-electron chi connectivity index (χ2n) is 4.95. The first kappa shape index (κ1) is 13.4. The average Bonchev–Trinajstić information content (AvgIpc) is 2.76. The molecule has 1 amide bonds. The van der Waals surface area contributed by atoms with Crippen LogP contribution in [0.5, 0.6) is 5.75 Å². The fourth-order valence-corrected chi connectivity index (χ4v) is 3.27. The molecule has 18 heavy (non-hydrogen) atoms. The molecule has 1 aliphatic rings. The predicted octanol–water partition coefficient (Wildman–Crippen LogP) is 2.99. The fourth-order valence-electron chi connectivity index (χ4n) is 2.49. The van der Waals surface area contributed by atoms with Crippen molar-refractivity contribution in [2.45, 2.75) is 32.2 Å². The normalized spacial score (nSPS) is 23.0. The first-order valence-corrected chi connectivity index (χ1v) is 7.40. The first-order chi connectivity index (χ1) is 8.61. The summed E-state index contributed by atoms with van der Waals surface area (Å²) in [6, 6.07) is 5.35. The maximum absolute atomic E-state index is 12.1. The summed E-state index contributed by atoms with van der Waals surface area (Å²) in [6.45, 7) is 1.89.